The van der Waals surface area contributed by atoms with Gasteiger partial charge in [0.2, 0.25) is 0 Å². The number of hydrogen-bond donors (Lipinski definition) is 8. The van der Waals surface area contributed by atoms with Crippen molar-refractivity contribution >= 4 is 12.0 Å². The topological polar surface area (TPSA) is 234 Å². The lowest BCUT2D eigenvalue weighted by Gasteiger charge is -2.46. The number of methoxy groups -OCH3 is 1. The van der Waals surface area contributed by atoms with Gasteiger partial charge in [-0.05, 0) is 54.8 Å². The Hall–Kier alpha value is -3.51. The van der Waals surface area contributed by atoms with E-state index in [1.165, 1.54) is 44.4 Å². The summed E-state index contributed by atoms with van der Waals surface area (Å²) in [6.07, 6.45) is -12.4. The SMILES string of the molecule is COc1ccc(CCOC2OC(CO)C(OC(=O)C=Cc3ccc(O)c(O)c3)C(OC3OC(C)C(O)C(O)C3O)C2O)cc1O. The van der Waals surface area contributed by atoms with Crippen LogP contribution in [-0.4, -0.2) is 129 Å². The van der Waals surface area contributed by atoms with Crippen molar-refractivity contribution in [3.05, 3.63) is 53.6 Å². The molecule has 0 radical (unpaired) electrons. The molecule has 2 heterocycles. The lowest BCUT2D eigenvalue weighted by Crippen LogP contribution is -2.65. The highest BCUT2D eigenvalue weighted by molar-refractivity contribution is 5.87. The van der Waals surface area contributed by atoms with Gasteiger partial charge in [0.05, 0.1) is 26.4 Å². The highest BCUT2D eigenvalue weighted by Crippen LogP contribution is 2.32. The highest BCUT2D eigenvalue weighted by atomic mass is 16.7. The summed E-state index contributed by atoms with van der Waals surface area (Å²) in [5.74, 6) is -1.53. The van der Waals surface area contributed by atoms with Gasteiger partial charge in [-0.25, -0.2) is 4.79 Å². The molecule has 2 aromatic carbocycles. The van der Waals surface area contributed by atoms with Crippen molar-refractivity contribution in [3.8, 4) is 23.0 Å². The summed E-state index contributed by atoms with van der Waals surface area (Å²) in [7, 11) is 1.42. The molecule has 2 aliphatic rings. The van der Waals surface area contributed by atoms with Crippen molar-refractivity contribution in [2.24, 2.45) is 0 Å². The molecule has 15 nitrogen and oxygen atoms in total. The molecular weight excluding hydrogens is 600 g/mol. The van der Waals surface area contributed by atoms with Gasteiger partial charge < -0.3 is 69.3 Å². The Morgan fingerprint density at radius 3 is 2.29 bits per heavy atom. The molecule has 10 unspecified atom stereocenters. The van der Waals surface area contributed by atoms with Crippen LogP contribution in [0.1, 0.15) is 18.1 Å². The van der Waals surface area contributed by atoms with Crippen LogP contribution in [-0.2, 0) is 34.9 Å². The van der Waals surface area contributed by atoms with Crippen LogP contribution in [0.2, 0.25) is 0 Å². The van der Waals surface area contributed by atoms with Gasteiger partial charge in [0, 0.05) is 6.08 Å². The predicted molar refractivity (Wildman–Crippen MR) is 152 cm³/mol. The molecule has 2 aliphatic heterocycles. The van der Waals surface area contributed by atoms with Gasteiger partial charge in [0.25, 0.3) is 0 Å². The van der Waals surface area contributed by atoms with E-state index >= 15 is 0 Å². The number of phenols is 3. The van der Waals surface area contributed by atoms with Crippen molar-refractivity contribution < 1.29 is 74.1 Å². The number of hydrogen-bond acceptors (Lipinski definition) is 15. The number of benzene rings is 2. The fourth-order valence-electron chi connectivity index (χ4n) is 4.92. The monoisotopic (exact) mass is 638 g/mol. The fourth-order valence-corrected chi connectivity index (χ4v) is 4.92. The first-order valence-electron chi connectivity index (χ1n) is 14.1. The first-order valence-corrected chi connectivity index (χ1v) is 14.1. The van der Waals surface area contributed by atoms with Crippen molar-refractivity contribution in [2.75, 3.05) is 20.3 Å². The second kappa shape index (κ2) is 15.2. The van der Waals surface area contributed by atoms with E-state index in [4.69, 9.17) is 28.4 Å². The second-order valence-corrected chi connectivity index (χ2v) is 10.6. The minimum Gasteiger partial charge on any atom is -0.504 e. The van der Waals surface area contributed by atoms with Crippen LogP contribution in [0.3, 0.4) is 0 Å². The number of rotatable bonds is 11. The van der Waals surface area contributed by atoms with Gasteiger partial charge in [0.1, 0.15) is 36.6 Å². The van der Waals surface area contributed by atoms with Gasteiger partial charge in [-0.15, -0.1) is 0 Å². The maximum Gasteiger partial charge on any atom is 0.331 e. The van der Waals surface area contributed by atoms with Crippen LogP contribution in [0.5, 0.6) is 23.0 Å². The third kappa shape index (κ3) is 8.21. The summed E-state index contributed by atoms with van der Waals surface area (Å²) in [6, 6.07) is 8.60. The first-order chi connectivity index (χ1) is 21.4. The molecule has 8 N–H and O–H groups in total. The third-order valence-corrected chi connectivity index (χ3v) is 7.47. The van der Waals surface area contributed by atoms with Crippen LogP contribution in [0, 0.1) is 0 Å². The van der Waals surface area contributed by atoms with E-state index in [1.807, 2.05) is 0 Å². The van der Waals surface area contributed by atoms with Crippen molar-refractivity contribution in [2.45, 2.75) is 74.8 Å². The molecule has 0 aliphatic carbocycles. The predicted octanol–water partition coefficient (Wildman–Crippen LogP) is -0.713. The van der Waals surface area contributed by atoms with Crippen LogP contribution in [0.15, 0.2) is 42.5 Å². The molecule has 0 aromatic heterocycles. The number of aliphatic hydroxyl groups is 5. The molecule has 0 saturated carbocycles. The normalized spacial score (nSPS) is 32.0. The van der Waals surface area contributed by atoms with Crippen LogP contribution in [0.25, 0.3) is 6.08 Å². The highest BCUT2D eigenvalue weighted by Gasteiger charge is 2.52. The number of phenolic OH excluding ortho intramolecular Hbond substituents is 3. The zero-order chi connectivity index (χ0) is 32.8. The van der Waals surface area contributed by atoms with Crippen molar-refractivity contribution in [3.63, 3.8) is 0 Å². The molecule has 10 atom stereocenters. The van der Waals surface area contributed by atoms with E-state index in [9.17, 15) is 45.6 Å². The van der Waals surface area contributed by atoms with Crippen molar-refractivity contribution in [1.29, 1.82) is 0 Å². The average Bonchev–Trinajstić information content (AvgIpc) is 3.02. The van der Waals surface area contributed by atoms with E-state index in [1.54, 1.807) is 12.1 Å². The molecule has 2 aromatic rings. The molecule has 248 valence electrons. The number of aliphatic hydroxyl groups excluding tert-OH is 5. The van der Waals surface area contributed by atoms with Gasteiger partial charge in [-0.1, -0.05) is 12.1 Å². The van der Waals surface area contributed by atoms with Gasteiger partial charge >= 0.3 is 5.97 Å². The first kappa shape index (κ1) is 34.4. The molecule has 0 bridgehead atoms. The third-order valence-electron chi connectivity index (χ3n) is 7.47. The molecule has 0 spiro atoms. The lowest BCUT2D eigenvalue weighted by molar-refractivity contribution is -0.357. The Bertz CT molecular complexity index is 1320. The smallest absolute Gasteiger partial charge is 0.331 e. The van der Waals surface area contributed by atoms with Gasteiger partial charge in [0.15, 0.2) is 41.7 Å². The van der Waals surface area contributed by atoms with Crippen LogP contribution < -0.4 is 4.74 Å². The largest absolute Gasteiger partial charge is 0.504 e. The molecule has 45 heavy (non-hydrogen) atoms. The Morgan fingerprint density at radius 1 is 0.867 bits per heavy atom. The summed E-state index contributed by atoms with van der Waals surface area (Å²) in [4.78, 5) is 12.8. The Balaban J connectivity index is 1.52. The minimum atomic E-state index is -1.76. The van der Waals surface area contributed by atoms with Crippen molar-refractivity contribution in [1.82, 2.24) is 0 Å². The Morgan fingerprint density at radius 2 is 1.62 bits per heavy atom. The van der Waals surface area contributed by atoms with E-state index in [-0.39, 0.29) is 30.3 Å². The zero-order valence-corrected chi connectivity index (χ0v) is 24.4. The maximum absolute atomic E-state index is 12.8. The summed E-state index contributed by atoms with van der Waals surface area (Å²) in [5, 5.41) is 81.5. The van der Waals surface area contributed by atoms with E-state index < -0.39 is 79.7 Å². The number of esters is 1. The summed E-state index contributed by atoms with van der Waals surface area (Å²) in [5.41, 5.74) is 1.01. The molecule has 0 amide bonds. The minimum absolute atomic E-state index is 0.0322. The standard InChI is InChI=1S/C30H38O15/c1-14-23(36)24(37)25(38)30(42-14)45-28-26(39)29(41-10-9-16-4-7-20(40-2)19(34)12-16)43-21(13-31)27(28)44-22(35)8-5-15-3-6-17(32)18(33)11-15/h3-8,11-12,14,21,23-34,36-39H,9-10,13H2,1-2H3. The number of carbonyl (C=O) groups is 1. The van der Waals surface area contributed by atoms with E-state index in [0.717, 1.165) is 6.08 Å². The van der Waals surface area contributed by atoms with E-state index in [0.29, 0.717) is 11.1 Å². The molecule has 15 heteroatoms. The van der Waals surface area contributed by atoms with Gasteiger partial charge in [-0.2, -0.15) is 0 Å². The van der Waals surface area contributed by atoms with Gasteiger partial charge in [-0.3, -0.25) is 0 Å². The summed E-state index contributed by atoms with van der Waals surface area (Å²) in [6.45, 7) is 0.674. The van der Waals surface area contributed by atoms with E-state index in [2.05, 4.69) is 0 Å². The molecule has 4 rings (SSSR count). The molecular formula is C30H38O15. The zero-order valence-electron chi connectivity index (χ0n) is 24.4. The number of ether oxygens (including phenoxy) is 6. The average molecular weight is 639 g/mol. The van der Waals surface area contributed by atoms with Crippen LogP contribution >= 0.6 is 0 Å². The van der Waals surface area contributed by atoms with Crippen LogP contribution in [0.4, 0.5) is 0 Å². The number of aromatic hydroxyl groups is 3. The Labute approximate surface area is 258 Å². The molecule has 2 fully saturated rings. The lowest BCUT2D eigenvalue weighted by atomic mass is 9.97. The fraction of sp³-hybridized carbons (Fsp3) is 0.500. The number of carbonyl (C=O) groups excluding carboxylic acids is 1. The molecule has 2 saturated heterocycles. The second-order valence-electron chi connectivity index (χ2n) is 10.6. The quantitative estimate of drug-likeness (QED) is 0.0862. The summed E-state index contributed by atoms with van der Waals surface area (Å²) >= 11 is 0. The maximum atomic E-state index is 12.8. The summed E-state index contributed by atoms with van der Waals surface area (Å²) < 4.78 is 33.4. The Kier molecular flexibility index (Phi) is 11.6.